The summed E-state index contributed by atoms with van der Waals surface area (Å²) in [7, 11) is 2.06. The van der Waals surface area contributed by atoms with E-state index >= 15 is 0 Å². The molecule has 0 radical (unpaired) electrons. The molecule has 1 aromatic heterocycles. The van der Waals surface area contributed by atoms with Crippen LogP contribution in [0.2, 0.25) is 0 Å². The molecule has 0 spiro atoms. The second kappa shape index (κ2) is 4.99. The minimum Gasteiger partial charge on any atom is -0.472 e. The van der Waals surface area contributed by atoms with Crippen LogP contribution in [-0.2, 0) is 12.8 Å². The molecule has 1 N–H and O–H groups in total. The lowest BCUT2D eigenvalue weighted by Crippen LogP contribution is -2.31. The van der Waals surface area contributed by atoms with Crippen LogP contribution < -0.4 is 5.32 Å². The van der Waals surface area contributed by atoms with Crippen molar-refractivity contribution in [3.05, 3.63) is 59.5 Å². The highest BCUT2D eigenvalue weighted by molar-refractivity contribution is 5.33. The zero-order valence-electron chi connectivity index (χ0n) is 10.7. The maximum atomic E-state index is 5.17. The van der Waals surface area contributed by atoms with Gasteiger partial charge in [-0.25, -0.2) is 0 Å². The molecule has 0 amide bonds. The van der Waals surface area contributed by atoms with Gasteiger partial charge >= 0.3 is 0 Å². The minimum absolute atomic E-state index is 0.463. The molecule has 2 atom stereocenters. The van der Waals surface area contributed by atoms with Crippen LogP contribution in [0.5, 0.6) is 0 Å². The lowest BCUT2D eigenvalue weighted by atomic mass is 9.77. The van der Waals surface area contributed by atoms with Gasteiger partial charge in [-0.1, -0.05) is 24.3 Å². The molecule has 0 fully saturated rings. The Morgan fingerprint density at radius 2 is 2.17 bits per heavy atom. The van der Waals surface area contributed by atoms with Crippen LogP contribution in [0, 0.1) is 5.92 Å². The number of aryl methyl sites for hydroxylation is 1. The quantitative estimate of drug-likeness (QED) is 0.891. The second-order valence-corrected chi connectivity index (χ2v) is 5.10. The summed E-state index contributed by atoms with van der Waals surface area (Å²) >= 11 is 0. The Bertz CT molecular complexity index is 504. The molecular weight excluding hydrogens is 222 g/mol. The van der Waals surface area contributed by atoms with Crippen molar-refractivity contribution < 1.29 is 4.42 Å². The molecule has 1 aliphatic carbocycles. The van der Waals surface area contributed by atoms with Gasteiger partial charge in [-0.3, -0.25) is 0 Å². The molecule has 18 heavy (non-hydrogen) atoms. The van der Waals surface area contributed by atoms with Crippen LogP contribution in [0.3, 0.4) is 0 Å². The largest absolute Gasteiger partial charge is 0.472 e. The number of nitrogens with one attached hydrogen (secondary N) is 1. The van der Waals surface area contributed by atoms with Crippen molar-refractivity contribution in [3.8, 4) is 0 Å². The Morgan fingerprint density at radius 3 is 2.94 bits per heavy atom. The van der Waals surface area contributed by atoms with Gasteiger partial charge in [0.2, 0.25) is 0 Å². The van der Waals surface area contributed by atoms with Gasteiger partial charge < -0.3 is 9.73 Å². The Balaban J connectivity index is 1.85. The van der Waals surface area contributed by atoms with E-state index in [0.717, 1.165) is 6.42 Å². The Hall–Kier alpha value is -1.54. The lowest BCUT2D eigenvalue weighted by molar-refractivity contribution is 0.334. The second-order valence-electron chi connectivity index (χ2n) is 5.10. The van der Waals surface area contributed by atoms with Crippen molar-refractivity contribution in [2.45, 2.75) is 25.3 Å². The molecule has 0 saturated carbocycles. The first-order chi connectivity index (χ1) is 8.88. The lowest BCUT2D eigenvalue weighted by Gasteiger charge is -2.33. The van der Waals surface area contributed by atoms with E-state index < -0.39 is 0 Å². The van der Waals surface area contributed by atoms with E-state index in [0.29, 0.717) is 12.0 Å². The highest BCUT2D eigenvalue weighted by Crippen LogP contribution is 2.36. The summed E-state index contributed by atoms with van der Waals surface area (Å²) in [6.07, 6.45) is 7.16. The molecule has 94 valence electrons. The minimum atomic E-state index is 0.463. The van der Waals surface area contributed by atoms with E-state index in [-0.39, 0.29) is 0 Å². The summed E-state index contributed by atoms with van der Waals surface area (Å²) < 4.78 is 5.17. The van der Waals surface area contributed by atoms with Crippen LogP contribution in [0.25, 0.3) is 0 Å². The molecule has 3 rings (SSSR count). The Morgan fingerprint density at radius 1 is 1.28 bits per heavy atom. The van der Waals surface area contributed by atoms with Gasteiger partial charge in [0.25, 0.3) is 0 Å². The van der Waals surface area contributed by atoms with Gasteiger partial charge in [0, 0.05) is 6.04 Å². The van der Waals surface area contributed by atoms with Crippen molar-refractivity contribution >= 4 is 0 Å². The monoisotopic (exact) mass is 241 g/mol. The Kier molecular flexibility index (Phi) is 3.20. The molecule has 2 unspecified atom stereocenters. The summed E-state index contributed by atoms with van der Waals surface area (Å²) in [5.74, 6) is 0.655. The molecule has 1 heterocycles. The molecule has 1 aromatic carbocycles. The first kappa shape index (κ1) is 11.5. The zero-order valence-corrected chi connectivity index (χ0v) is 10.7. The van der Waals surface area contributed by atoms with Crippen molar-refractivity contribution in [2.24, 2.45) is 5.92 Å². The van der Waals surface area contributed by atoms with Gasteiger partial charge in [0.05, 0.1) is 12.5 Å². The fraction of sp³-hybridized carbons (Fsp3) is 0.375. The van der Waals surface area contributed by atoms with Crippen LogP contribution in [0.4, 0.5) is 0 Å². The standard InChI is InChI=1S/C16H19NO/c1-17-16-14(10-12-8-9-18-11-12)7-6-13-4-2-3-5-15(13)16/h2-5,8-9,11,14,16-17H,6-7,10H2,1H3. The summed E-state index contributed by atoms with van der Waals surface area (Å²) in [6, 6.07) is 11.3. The number of hydrogen-bond donors (Lipinski definition) is 1. The van der Waals surface area contributed by atoms with E-state index in [1.165, 1.54) is 29.5 Å². The smallest absolute Gasteiger partial charge is 0.0934 e. The van der Waals surface area contributed by atoms with Crippen LogP contribution in [-0.4, -0.2) is 7.05 Å². The average molecular weight is 241 g/mol. The summed E-state index contributed by atoms with van der Waals surface area (Å²) in [5, 5.41) is 3.49. The van der Waals surface area contributed by atoms with Gasteiger partial charge in [-0.2, -0.15) is 0 Å². The Labute approximate surface area is 108 Å². The van der Waals surface area contributed by atoms with E-state index in [1.807, 2.05) is 6.26 Å². The van der Waals surface area contributed by atoms with E-state index in [4.69, 9.17) is 4.42 Å². The molecule has 0 saturated heterocycles. The third-order valence-corrected chi connectivity index (χ3v) is 4.04. The topological polar surface area (TPSA) is 25.2 Å². The van der Waals surface area contributed by atoms with Gasteiger partial charge in [0.15, 0.2) is 0 Å². The molecule has 2 heteroatoms. The van der Waals surface area contributed by atoms with Crippen molar-refractivity contribution in [3.63, 3.8) is 0 Å². The number of hydrogen-bond acceptors (Lipinski definition) is 2. The van der Waals surface area contributed by atoms with Crippen LogP contribution in [0.15, 0.2) is 47.3 Å². The van der Waals surface area contributed by atoms with E-state index in [1.54, 1.807) is 6.26 Å². The maximum Gasteiger partial charge on any atom is 0.0934 e. The van der Waals surface area contributed by atoms with Crippen molar-refractivity contribution in [1.29, 1.82) is 0 Å². The van der Waals surface area contributed by atoms with E-state index in [2.05, 4.69) is 42.7 Å². The highest BCUT2D eigenvalue weighted by atomic mass is 16.3. The van der Waals surface area contributed by atoms with E-state index in [9.17, 15) is 0 Å². The normalized spacial score (nSPS) is 22.7. The van der Waals surface area contributed by atoms with Crippen molar-refractivity contribution in [1.82, 2.24) is 5.32 Å². The molecule has 2 aromatic rings. The molecule has 2 nitrogen and oxygen atoms in total. The first-order valence-electron chi connectivity index (χ1n) is 6.64. The average Bonchev–Trinajstić information content (AvgIpc) is 2.91. The number of rotatable bonds is 3. The SMILES string of the molecule is CNC1c2ccccc2CCC1Cc1ccoc1. The third-order valence-electron chi connectivity index (χ3n) is 4.04. The van der Waals surface area contributed by atoms with Crippen LogP contribution >= 0.6 is 0 Å². The fourth-order valence-corrected chi connectivity index (χ4v) is 3.15. The van der Waals surface area contributed by atoms with Gasteiger partial charge in [0.1, 0.15) is 0 Å². The summed E-state index contributed by atoms with van der Waals surface area (Å²) in [6.45, 7) is 0. The number of fused-ring (bicyclic) bond motifs is 1. The van der Waals surface area contributed by atoms with Gasteiger partial charge in [-0.15, -0.1) is 0 Å². The van der Waals surface area contributed by atoms with Gasteiger partial charge in [-0.05, 0) is 55.0 Å². The predicted octanol–water partition coefficient (Wildman–Crippen LogP) is 3.35. The summed E-state index contributed by atoms with van der Waals surface area (Å²) in [5.41, 5.74) is 4.28. The molecule has 1 aliphatic rings. The third kappa shape index (κ3) is 2.08. The summed E-state index contributed by atoms with van der Waals surface area (Å²) in [4.78, 5) is 0. The molecular formula is C16H19NO. The van der Waals surface area contributed by atoms with Crippen LogP contribution in [0.1, 0.15) is 29.2 Å². The predicted molar refractivity (Wildman–Crippen MR) is 72.5 cm³/mol. The molecule has 0 bridgehead atoms. The van der Waals surface area contributed by atoms with Crippen molar-refractivity contribution in [2.75, 3.05) is 7.05 Å². The molecule has 0 aliphatic heterocycles. The maximum absolute atomic E-state index is 5.17. The highest BCUT2D eigenvalue weighted by Gasteiger charge is 2.28. The number of furan rings is 1. The zero-order chi connectivity index (χ0) is 12.4. The fourth-order valence-electron chi connectivity index (χ4n) is 3.15. The first-order valence-corrected chi connectivity index (χ1v) is 6.64. The number of benzene rings is 1.